The zero-order valence-corrected chi connectivity index (χ0v) is 12.2. The molecule has 1 saturated carbocycles. The monoisotopic (exact) mass is 293 g/mol. The number of hydrogen-bond donors (Lipinski definition) is 1. The van der Waals surface area contributed by atoms with Gasteiger partial charge in [-0.2, -0.15) is 4.98 Å². The minimum Gasteiger partial charge on any atom is -0.337 e. The Hall–Kier alpha value is -1.39. The van der Waals surface area contributed by atoms with Crippen molar-refractivity contribution in [2.45, 2.75) is 44.1 Å². The molecule has 1 atom stereocenters. The number of halogens is 1. The average molecular weight is 294 g/mol. The van der Waals surface area contributed by atoms with E-state index in [1.807, 2.05) is 30.3 Å². The van der Waals surface area contributed by atoms with Gasteiger partial charge in [-0.25, -0.2) is 0 Å². The summed E-state index contributed by atoms with van der Waals surface area (Å²) in [6.07, 6.45) is 6.18. The van der Waals surface area contributed by atoms with Gasteiger partial charge in [-0.3, -0.25) is 0 Å². The van der Waals surface area contributed by atoms with Gasteiger partial charge >= 0.3 is 0 Å². The van der Waals surface area contributed by atoms with Crippen LogP contribution in [0, 0.1) is 0 Å². The van der Waals surface area contributed by atoms with Crippen molar-refractivity contribution in [3.63, 3.8) is 0 Å². The molecule has 3 rings (SSSR count). The van der Waals surface area contributed by atoms with Crippen LogP contribution in [0.15, 0.2) is 34.9 Å². The van der Waals surface area contributed by atoms with Crippen LogP contribution in [0.5, 0.6) is 0 Å². The summed E-state index contributed by atoms with van der Waals surface area (Å²) in [5.41, 5.74) is 7.16. The predicted octanol–water partition coefficient (Wildman–Crippen LogP) is 3.59. The molecule has 1 aliphatic carbocycles. The molecule has 2 aromatic rings. The van der Waals surface area contributed by atoms with E-state index < -0.39 is 0 Å². The molecule has 1 aromatic carbocycles. The Bertz CT molecular complexity index is 523. The van der Waals surface area contributed by atoms with Gasteiger partial charge in [0.15, 0.2) is 5.82 Å². The normalized spacial score (nSPS) is 17.4. The maximum Gasteiger partial charge on any atom is 0.248 e. The first-order valence-electron chi connectivity index (χ1n) is 6.98. The summed E-state index contributed by atoms with van der Waals surface area (Å²) in [6, 6.07) is 9.54. The highest BCUT2D eigenvalue weighted by molar-refractivity contribution is 5.85. The lowest BCUT2D eigenvalue weighted by molar-refractivity contribution is 0.350. The van der Waals surface area contributed by atoms with Crippen molar-refractivity contribution >= 4 is 12.4 Å². The number of nitrogens with zero attached hydrogens (tertiary/aromatic N) is 2. The second kappa shape index (κ2) is 6.86. The molecule has 0 radical (unpaired) electrons. The van der Waals surface area contributed by atoms with Gasteiger partial charge in [-0.1, -0.05) is 54.8 Å². The minimum atomic E-state index is -0.328. The van der Waals surface area contributed by atoms with Crippen LogP contribution >= 0.6 is 12.4 Å². The molecule has 0 unspecified atom stereocenters. The van der Waals surface area contributed by atoms with Crippen LogP contribution in [0.3, 0.4) is 0 Å². The van der Waals surface area contributed by atoms with E-state index in [0.29, 0.717) is 11.8 Å². The fourth-order valence-electron chi connectivity index (χ4n) is 2.70. The number of hydrogen-bond acceptors (Lipinski definition) is 4. The molecule has 0 aliphatic heterocycles. The third-order valence-corrected chi connectivity index (χ3v) is 3.85. The van der Waals surface area contributed by atoms with Crippen molar-refractivity contribution < 1.29 is 4.52 Å². The van der Waals surface area contributed by atoms with Gasteiger partial charge in [0, 0.05) is 5.92 Å². The van der Waals surface area contributed by atoms with Gasteiger partial charge in [-0.15, -0.1) is 12.4 Å². The maximum atomic E-state index is 6.16. The quantitative estimate of drug-likeness (QED) is 0.939. The van der Waals surface area contributed by atoms with Crippen molar-refractivity contribution in [2.75, 3.05) is 0 Å². The smallest absolute Gasteiger partial charge is 0.248 e. The van der Waals surface area contributed by atoms with Crippen LogP contribution in [0.4, 0.5) is 0 Å². The van der Waals surface area contributed by atoms with Crippen LogP contribution < -0.4 is 5.73 Å². The molecule has 4 nitrogen and oxygen atoms in total. The Labute approximate surface area is 125 Å². The highest BCUT2D eigenvalue weighted by Gasteiger charge is 2.23. The van der Waals surface area contributed by atoms with E-state index >= 15 is 0 Å². The second-order valence-electron chi connectivity index (χ2n) is 5.21. The van der Waals surface area contributed by atoms with Gasteiger partial charge < -0.3 is 10.3 Å². The largest absolute Gasteiger partial charge is 0.337 e. The zero-order valence-electron chi connectivity index (χ0n) is 11.4. The molecule has 1 fully saturated rings. The van der Waals surface area contributed by atoms with E-state index in [0.717, 1.165) is 11.4 Å². The molecule has 108 valence electrons. The van der Waals surface area contributed by atoms with E-state index in [9.17, 15) is 0 Å². The molecule has 2 N–H and O–H groups in total. The molecule has 0 amide bonds. The third kappa shape index (κ3) is 3.19. The van der Waals surface area contributed by atoms with E-state index in [2.05, 4.69) is 10.1 Å². The van der Waals surface area contributed by atoms with Crippen LogP contribution in [0.2, 0.25) is 0 Å². The maximum absolute atomic E-state index is 6.16. The molecule has 1 aromatic heterocycles. The van der Waals surface area contributed by atoms with Crippen LogP contribution in [0.1, 0.15) is 61.3 Å². The summed E-state index contributed by atoms with van der Waals surface area (Å²) in [7, 11) is 0. The molecule has 20 heavy (non-hydrogen) atoms. The minimum absolute atomic E-state index is 0. The van der Waals surface area contributed by atoms with Crippen molar-refractivity contribution in [3.8, 4) is 0 Å². The Morgan fingerprint density at radius 1 is 1.10 bits per heavy atom. The summed E-state index contributed by atoms with van der Waals surface area (Å²) < 4.78 is 5.35. The lowest BCUT2D eigenvalue weighted by atomic mass is 9.89. The van der Waals surface area contributed by atoms with Gasteiger partial charge in [0.25, 0.3) is 0 Å². The van der Waals surface area contributed by atoms with Crippen molar-refractivity contribution in [1.29, 1.82) is 0 Å². The third-order valence-electron chi connectivity index (χ3n) is 3.85. The fourth-order valence-corrected chi connectivity index (χ4v) is 2.70. The first kappa shape index (κ1) is 15.0. The molecular weight excluding hydrogens is 274 g/mol. The topological polar surface area (TPSA) is 64.9 Å². The first-order valence-corrected chi connectivity index (χ1v) is 6.98. The number of aromatic nitrogens is 2. The summed E-state index contributed by atoms with van der Waals surface area (Å²) in [5.74, 6) is 1.81. The van der Waals surface area contributed by atoms with Gasteiger partial charge in [0.1, 0.15) is 6.04 Å². The van der Waals surface area contributed by atoms with Crippen molar-refractivity contribution in [3.05, 3.63) is 47.6 Å². The predicted molar refractivity (Wildman–Crippen MR) is 79.8 cm³/mol. The van der Waals surface area contributed by atoms with E-state index in [-0.39, 0.29) is 18.4 Å². The first-order chi connectivity index (χ1) is 9.34. The Morgan fingerprint density at radius 3 is 2.50 bits per heavy atom. The summed E-state index contributed by atoms with van der Waals surface area (Å²) in [6.45, 7) is 0. The molecule has 0 saturated heterocycles. The fraction of sp³-hybridized carbons (Fsp3) is 0.467. The Kier molecular flexibility index (Phi) is 5.15. The molecule has 0 spiro atoms. The molecule has 1 aliphatic rings. The summed E-state index contributed by atoms with van der Waals surface area (Å²) in [5, 5.41) is 4.12. The average Bonchev–Trinajstić information content (AvgIpc) is 2.98. The zero-order chi connectivity index (χ0) is 13.1. The Balaban J connectivity index is 0.00000147. The molecule has 1 heterocycles. The molecule has 0 bridgehead atoms. The van der Waals surface area contributed by atoms with Crippen molar-refractivity contribution in [1.82, 2.24) is 10.1 Å². The number of nitrogens with two attached hydrogens (primary N) is 1. The number of rotatable bonds is 3. The lowest BCUT2D eigenvalue weighted by Gasteiger charge is -2.17. The second-order valence-corrected chi connectivity index (χ2v) is 5.21. The van der Waals surface area contributed by atoms with Crippen LogP contribution in [-0.2, 0) is 0 Å². The van der Waals surface area contributed by atoms with Gasteiger partial charge in [-0.05, 0) is 18.4 Å². The van der Waals surface area contributed by atoms with E-state index in [1.54, 1.807) is 0 Å². The Morgan fingerprint density at radius 2 is 1.80 bits per heavy atom. The van der Waals surface area contributed by atoms with E-state index in [4.69, 9.17) is 10.3 Å². The highest BCUT2D eigenvalue weighted by Crippen LogP contribution is 2.31. The summed E-state index contributed by atoms with van der Waals surface area (Å²) in [4.78, 5) is 4.51. The number of benzene rings is 1. The van der Waals surface area contributed by atoms with Gasteiger partial charge in [0.2, 0.25) is 5.89 Å². The van der Waals surface area contributed by atoms with E-state index in [1.165, 1.54) is 32.1 Å². The highest BCUT2D eigenvalue weighted by atomic mass is 35.5. The van der Waals surface area contributed by atoms with Gasteiger partial charge in [0.05, 0.1) is 0 Å². The van der Waals surface area contributed by atoms with Crippen molar-refractivity contribution in [2.24, 2.45) is 5.73 Å². The molecule has 5 heteroatoms. The van der Waals surface area contributed by atoms with Crippen LogP contribution in [-0.4, -0.2) is 10.1 Å². The summed E-state index contributed by atoms with van der Waals surface area (Å²) >= 11 is 0. The lowest BCUT2D eigenvalue weighted by Crippen LogP contribution is -2.12. The SMILES string of the molecule is Cl.N[C@@H](c1ccccc1)c1nc(C2CCCCC2)no1. The van der Waals surface area contributed by atoms with Crippen LogP contribution in [0.25, 0.3) is 0 Å². The molecular formula is C15H20ClN3O. The standard InChI is InChI=1S/C15H19N3O.ClH/c16-13(11-7-3-1-4-8-11)15-17-14(18-19-15)12-9-5-2-6-10-12;/h1,3-4,7-8,12-13H,2,5-6,9-10,16H2;1H/t13-;/m0./s1.